The molecule has 3 heterocycles. The minimum atomic E-state index is 0.609. The average Bonchev–Trinajstić information content (AvgIpc) is 2.95. The van der Waals surface area contributed by atoms with Gasteiger partial charge in [0.2, 0.25) is 0 Å². The van der Waals surface area contributed by atoms with Gasteiger partial charge in [-0.3, -0.25) is 9.67 Å². The Morgan fingerprint density at radius 1 is 1.17 bits per heavy atom. The second-order valence-electron chi connectivity index (χ2n) is 5.27. The molecule has 0 atom stereocenters. The molecule has 0 saturated heterocycles. The lowest BCUT2D eigenvalue weighted by Crippen LogP contribution is -2.04. The predicted octanol–water partition coefficient (Wildman–Crippen LogP) is 2.81. The highest BCUT2D eigenvalue weighted by Crippen LogP contribution is 2.25. The molecule has 1 N–H and O–H groups in total. The van der Waals surface area contributed by atoms with Crippen molar-refractivity contribution in [3.63, 3.8) is 0 Å². The summed E-state index contributed by atoms with van der Waals surface area (Å²) in [6.45, 7) is 2.56. The van der Waals surface area contributed by atoms with Crippen molar-refractivity contribution in [1.82, 2.24) is 19.7 Å². The predicted molar refractivity (Wildman–Crippen MR) is 89.3 cm³/mol. The Labute approximate surface area is 135 Å². The summed E-state index contributed by atoms with van der Waals surface area (Å²) in [6, 6.07) is 7.75. The van der Waals surface area contributed by atoms with Crippen molar-refractivity contribution in [1.29, 1.82) is 0 Å². The van der Waals surface area contributed by atoms with E-state index in [0.29, 0.717) is 6.54 Å². The van der Waals surface area contributed by atoms with E-state index in [0.717, 1.165) is 34.1 Å². The Morgan fingerprint density at radius 3 is 2.70 bits per heavy atom. The van der Waals surface area contributed by atoms with E-state index in [1.54, 1.807) is 19.5 Å². The van der Waals surface area contributed by atoms with Gasteiger partial charge in [-0.15, -0.1) is 0 Å². The van der Waals surface area contributed by atoms with Crippen LogP contribution in [0, 0.1) is 6.92 Å². The van der Waals surface area contributed by atoms with Crippen molar-refractivity contribution in [2.75, 3.05) is 12.4 Å². The number of nitrogens with one attached hydrogen (secondary N) is 1. The van der Waals surface area contributed by atoms with E-state index in [-0.39, 0.29) is 0 Å². The largest absolute Gasteiger partial charge is 0.493 e. The van der Waals surface area contributed by atoms with Crippen LogP contribution in [-0.2, 0) is 13.6 Å². The molecule has 0 radical (unpaired) electrons. The molecule has 0 spiro atoms. The highest BCUT2D eigenvalue weighted by molar-refractivity contribution is 5.63. The smallest absolute Gasteiger partial charge is 0.169 e. The average molecular weight is 309 g/mol. The van der Waals surface area contributed by atoms with Crippen LogP contribution in [0.5, 0.6) is 5.75 Å². The number of hydrogen-bond donors (Lipinski definition) is 1. The summed E-state index contributed by atoms with van der Waals surface area (Å²) in [5.74, 6) is 1.46. The normalized spacial score (nSPS) is 10.6. The minimum Gasteiger partial charge on any atom is -0.493 e. The number of aromatic nitrogens is 4. The fraction of sp³-hybridized carbons (Fsp3) is 0.235. The van der Waals surface area contributed by atoms with Gasteiger partial charge in [-0.2, -0.15) is 5.10 Å². The van der Waals surface area contributed by atoms with E-state index in [4.69, 9.17) is 4.74 Å². The Hall–Kier alpha value is -2.89. The molecule has 0 saturated carbocycles. The molecular weight excluding hydrogens is 290 g/mol. The maximum atomic E-state index is 5.35. The van der Waals surface area contributed by atoms with Crippen LogP contribution in [0.1, 0.15) is 11.3 Å². The molecule has 0 amide bonds. The molecule has 6 nitrogen and oxygen atoms in total. The fourth-order valence-electron chi connectivity index (χ4n) is 2.43. The molecule has 3 rings (SSSR count). The van der Waals surface area contributed by atoms with Crippen molar-refractivity contribution < 1.29 is 4.74 Å². The van der Waals surface area contributed by atoms with Gasteiger partial charge < -0.3 is 10.1 Å². The van der Waals surface area contributed by atoms with E-state index in [1.807, 2.05) is 49.1 Å². The number of hydrogen-bond acceptors (Lipinski definition) is 5. The third kappa shape index (κ3) is 3.31. The molecule has 0 aliphatic carbocycles. The Kier molecular flexibility index (Phi) is 4.23. The summed E-state index contributed by atoms with van der Waals surface area (Å²) in [5.41, 5.74) is 4.01. The zero-order chi connectivity index (χ0) is 16.2. The zero-order valence-electron chi connectivity index (χ0n) is 13.4. The number of methoxy groups -OCH3 is 1. The van der Waals surface area contributed by atoms with E-state index in [1.165, 1.54) is 0 Å². The molecule has 3 aromatic rings. The summed E-state index contributed by atoms with van der Waals surface area (Å²) in [6.07, 6.45) is 5.55. The number of anilines is 1. The zero-order valence-corrected chi connectivity index (χ0v) is 13.4. The van der Waals surface area contributed by atoms with Gasteiger partial charge in [-0.25, -0.2) is 4.98 Å². The van der Waals surface area contributed by atoms with Gasteiger partial charge in [0.05, 0.1) is 12.8 Å². The quantitative estimate of drug-likeness (QED) is 0.785. The number of rotatable bonds is 5. The molecule has 3 aromatic heterocycles. The van der Waals surface area contributed by atoms with E-state index >= 15 is 0 Å². The van der Waals surface area contributed by atoms with Crippen LogP contribution in [0.2, 0.25) is 0 Å². The Balaban J connectivity index is 1.86. The Morgan fingerprint density at radius 2 is 1.96 bits per heavy atom. The van der Waals surface area contributed by atoms with Crippen LogP contribution in [-0.4, -0.2) is 26.9 Å². The number of pyridine rings is 2. The van der Waals surface area contributed by atoms with Crippen molar-refractivity contribution in [2.24, 2.45) is 7.05 Å². The topological polar surface area (TPSA) is 64.9 Å². The molecular formula is C17H19N5O. The molecule has 0 fully saturated rings. The maximum absolute atomic E-state index is 5.35. The lowest BCUT2D eigenvalue weighted by molar-refractivity contribution is 0.414. The summed E-state index contributed by atoms with van der Waals surface area (Å²) in [7, 11) is 3.56. The van der Waals surface area contributed by atoms with Crippen molar-refractivity contribution >= 4 is 5.82 Å². The van der Waals surface area contributed by atoms with Crippen LogP contribution >= 0.6 is 0 Å². The lowest BCUT2D eigenvalue weighted by atomic mass is 10.1. The fourth-order valence-corrected chi connectivity index (χ4v) is 2.43. The number of aryl methyl sites for hydroxylation is 2. The summed E-state index contributed by atoms with van der Waals surface area (Å²) in [4.78, 5) is 8.55. The Bertz CT molecular complexity index is 798. The number of ether oxygens (including phenoxy) is 1. The second-order valence-corrected chi connectivity index (χ2v) is 5.27. The van der Waals surface area contributed by atoms with Crippen LogP contribution in [0.4, 0.5) is 5.82 Å². The van der Waals surface area contributed by atoms with Crippen molar-refractivity contribution in [3.05, 3.63) is 54.1 Å². The summed E-state index contributed by atoms with van der Waals surface area (Å²) in [5, 5.41) is 7.89. The first-order valence-corrected chi connectivity index (χ1v) is 7.36. The summed E-state index contributed by atoms with van der Waals surface area (Å²) >= 11 is 0. The highest BCUT2D eigenvalue weighted by Gasteiger charge is 2.11. The van der Waals surface area contributed by atoms with Gasteiger partial charge in [0.15, 0.2) is 11.6 Å². The van der Waals surface area contributed by atoms with E-state index < -0.39 is 0 Å². The highest BCUT2D eigenvalue weighted by atomic mass is 16.5. The van der Waals surface area contributed by atoms with Crippen LogP contribution in [0.3, 0.4) is 0 Å². The van der Waals surface area contributed by atoms with E-state index in [9.17, 15) is 0 Å². The molecule has 118 valence electrons. The van der Waals surface area contributed by atoms with Crippen LogP contribution in [0.15, 0.2) is 42.9 Å². The lowest BCUT2D eigenvalue weighted by Gasteiger charge is -2.10. The molecule has 0 aromatic carbocycles. The minimum absolute atomic E-state index is 0.609. The summed E-state index contributed by atoms with van der Waals surface area (Å²) < 4.78 is 7.17. The third-order valence-electron chi connectivity index (χ3n) is 3.52. The molecule has 6 heteroatoms. The molecule has 0 bridgehead atoms. The first kappa shape index (κ1) is 15.0. The van der Waals surface area contributed by atoms with Crippen LogP contribution in [0.25, 0.3) is 11.3 Å². The molecule has 23 heavy (non-hydrogen) atoms. The monoisotopic (exact) mass is 309 g/mol. The van der Waals surface area contributed by atoms with Gasteiger partial charge in [0.25, 0.3) is 0 Å². The van der Waals surface area contributed by atoms with Crippen molar-refractivity contribution in [2.45, 2.75) is 13.5 Å². The SMILES string of the molecule is COc1ccc(C)nc1NCc1cn(C)nc1-c1ccncc1. The van der Waals surface area contributed by atoms with Gasteiger partial charge in [0.1, 0.15) is 0 Å². The van der Waals surface area contributed by atoms with Crippen molar-refractivity contribution in [3.8, 4) is 17.0 Å². The molecule has 0 aliphatic rings. The third-order valence-corrected chi connectivity index (χ3v) is 3.52. The van der Waals surface area contributed by atoms with Gasteiger partial charge in [0, 0.05) is 49.0 Å². The first-order valence-electron chi connectivity index (χ1n) is 7.36. The van der Waals surface area contributed by atoms with Gasteiger partial charge in [-0.05, 0) is 31.2 Å². The molecule has 0 unspecified atom stereocenters. The van der Waals surface area contributed by atoms with Gasteiger partial charge >= 0.3 is 0 Å². The van der Waals surface area contributed by atoms with E-state index in [2.05, 4.69) is 20.4 Å². The standard InChI is InChI=1S/C17H19N5O/c1-12-4-5-15(23-3)17(20-12)19-10-14-11-22(2)21-16(14)13-6-8-18-9-7-13/h4-9,11H,10H2,1-3H3,(H,19,20). The molecule has 0 aliphatic heterocycles. The first-order chi connectivity index (χ1) is 11.2. The number of nitrogens with zero attached hydrogens (tertiary/aromatic N) is 4. The van der Waals surface area contributed by atoms with Gasteiger partial charge in [-0.1, -0.05) is 0 Å². The maximum Gasteiger partial charge on any atom is 0.169 e. The second kappa shape index (κ2) is 6.48. The van der Waals surface area contributed by atoms with Crippen LogP contribution < -0.4 is 10.1 Å².